The van der Waals surface area contributed by atoms with Gasteiger partial charge in [0.15, 0.2) is 37.9 Å². The van der Waals surface area contributed by atoms with Crippen molar-refractivity contribution in [2.24, 2.45) is 0 Å². The average Bonchev–Trinajstić information content (AvgIpc) is 2.98. The van der Waals surface area contributed by atoms with Gasteiger partial charge in [0.25, 0.3) is 0 Å². The summed E-state index contributed by atoms with van der Waals surface area (Å²) in [6.45, 7) is 1.58. The maximum Gasteiger partial charge on any atom is 0.173 e. The van der Waals surface area contributed by atoms with Gasteiger partial charge in [-0.2, -0.15) is 0 Å². The first-order chi connectivity index (χ1) is 20.4. The lowest BCUT2D eigenvalue weighted by Crippen LogP contribution is -3.00. The molecule has 0 aliphatic carbocycles. The molecular weight excluding hydrogens is 762 g/mol. The van der Waals surface area contributed by atoms with E-state index in [1.165, 1.54) is 22.3 Å². The van der Waals surface area contributed by atoms with Crippen molar-refractivity contribution in [1.29, 1.82) is 0 Å². The van der Waals surface area contributed by atoms with Crippen molar-refractivity contribution >= 4 is 46.4 Å². The molecule has 0 amide bonds. The van der Waals surface area contributed by atoms with Crippen LogP contribution < -0.4 is 43.1 Å². The fourth-order valence-corrected chi connectivity index (χ4v) is 6.03. The number of aromatic nitrogens is 2. The molecule has 0 saturated carbocycles. The minimum absolute atomic E-state index is 0. The molecule has 0 radical (unpaired) electrons. The molecule has 6 aromatic rings. The fraction of sp³-hybridized carbons (Fsp3) is 0.0556. The molecule has 0 fully saturated rings. The lowest BCUT2D eigenvalue weighted by molar-refractivity contribution is -0.688. The molecular formula is C36H26Br2Cl4N2. The van der Waals surface area contributed by atoms with E-state index in [1.807, 2.05) is 24.3 Å². The summed E-state index contributed by atoms with van der Waals surface area (Å²) in [6, 6.07) is 37.0. The molecule has 4 aromatic carbocycles. The van der Waals surface area contributed by atoms with Crippen molar-refractivity contribution < 1.29 is 43.1 Å². The zero-order chi connectivity index (χ0) is 29.1. The van der Waals surface area contributed by atoms with Gasteiger partial charge in [-0.05, 0) is 69.8 Å². The summed E-state index contributed by atoms with van der Waals surface area (Å²) in [4.78, 5) is 0. The summed E-state index contributed by atoms with van der Waals surface area (Å²) in [5, 5.41) is 2.54. The van der Waals surface area contributed by atoms with Crippen molar-refractivity contribution in [3.8, 4) is 33.4 Å². The Morgan fingerprint density at radius 1 is 0.341 bits per heavy atom. The summed E-state index contributed by atoms with van der Waals surface area (Å²) in [6.07, 6.45) is 8.31. The third kappa shape index (κ3) is 8.72. The first-order valence-electron chi connectivity index (χ1n) is 13.5. The molecule has 2 nitrogen and oxygen atoms in total. The highest BCUT2D eigenvalue weighted by atomic mass is 79.9. The highest BCUT2D eigenvalue weighted by Crippen LogP contribution is 2.28. The summed E-state index contributed by atoms with van der Waals surface area (Å²) < 4.78 is 4.32. The predicted octanol–water partition coefficient (Wildman–Crippen LogP) is 3.98. The summed E-state index contributed by atoms with van der Waals surface area (Å²) in [5.74, 6) is 0. The van der Waals surface area contributed by atoms with Gasteiger partial charge in [0, 0.05) is 55.5 Å². The van der Waals surface area contributed by atoms with E-state index in [1.54, 1.807) is 12.1 Å². The third-order valence-corrected chi connectivity index (χ3v) is 8.02. The van der Waals surface area contributed by atoms with Crippen LogP contribution in [0.1, 0.15) is 11.1 Å². The molecule has 8 heteroatoms. The predicted molar refractivity (Wildman–Crippen MR) is 174 cm³/mol. The monoisotopic (exact) mass is 784 g/mol. The summed E-state index contributed by atoms with van der Waals surface area (Å²) >= 11 is 24.7. The minimum atomic E-state index is 0. The van der Waals surface area contributed by atoms with Crippen molar-refractivity contribution in [2.45, 2.75) is 13.1 Å². The molecule has 2 heterocycles. The summed E-state index contributed by atoms with van der Waals surface area (Å²) in [7, 11) is 0. The van der Waals surface area contributed by atoms with Crippen molar-refractivity contribution in [3.63, 3.8) is 0 Å². The van der Waals surface area contributed by atoms with Gasteiger partial charge < -0.3 is 34.0 Å². The van der Waals surface area contributed by atoms with Crippen LogP contribution in [-0.4, -0.2) is 0 Å². The Labute approximate surface area is 299 Å². The van der Waals surface area contributed by atoms with Crippen molar-refractivity contribution in [2.75, 3.05) is 0 Å². The number of halogens is 6. The van der Waals surface area contributed by atoms with Crippen LogP contribution in [0.4, 0.5) is 0 Å². The minimum Gasteiger partial charge on any atom is -1.00 e. The highest BCUT2D eigenvalue weighted by molar-refractivity contribution is 6.35. The fourth-order valence-electron chi connectivity index (χ4n) is 4.98. The van der Waals surface area contributed by atoms with E-state index in [0.29, 0.717) is 20.1 Å². The van der Waals surface area contributed by atoms with Gasteiger partial charge in [-0.25, -0.2) is 9.13 Å². The molecule has 0 atom stereocenters. The smallest absolute Gasteiger partial charge is 0.173 e. The Kier molecular flexibility index (Phi) is 12.1. The molecule has 44 heavy (non-hydrogen) atoms. The molecule has 0 bridgehead atoms. The standard InChI is InChI=1S/C36H26Cl4N2.2BrH/c37-33-17-31(18-34(38)21-33)29-9-13-41(14-10-29)23-25-1-5-27(6-2-25)28-7-3-26(4-8-28)24-42-15-11-30(12-16-42)32-19-35(39)22-36(40)20-32;;/h1-22H,23-24H2;2*1H/q+2;;/p-2. The van der Waals surface area contributed by atoms with Crippen LogP contribution in [0.3, 0.4) is 0 Å². The van der Waals surface area contributed by atoms with Gasteiger partial charge in [-0.1, -0.05) is 94.9 Å². The maximum atomic E-state index is 6.17. The van der Waals surface area contributed by atoms with E-state index in [2.05, 4.69) is 107 Å². The number of rotatable bonds is 7. The van der Waals surface area contributed by atoms with Gasteiger partial charge in [0.05, 0.1) is 0 Å². The van der Waals surface area contributed by atoms with Crippen molar-refractivity contribution in [1.82, 2.24) is 0 Å². The van der Waals surface area contributed by atoms with Gasteiger partial charge in [-0.3, -0.25) is 0 Å². The van der Waals surface area contributed by atoms with E-state index >= 15 is 0 Å². The maximum absolute atomic E-state index is 6.17. The van der Waals surface area contributed by atoms with E-state index in [-0.39, 0.29) is 34.0 Å². The Morgan fingerprint density at radius 2 is 0.614 bits per heavy atom. The number of nitrogens with zero attached hydrogens (tertiary/aromatic N) is 2. The Hall–Kier alpha value is -2.70. The third-order valence-electron chi connectivity index (χ3n) is 7.15. The van der Waals surface area contributed by atoms with Gasteiger partial charge in [0.1, 0.15) is 0 Å². The normalized spacial score (nSPS) is 10.5. The number of pyridine rings is 2. The van der Waals surface area contributed by atoms with E-state index in [4.69, 9.17) is 46.4 Å². The van der Waals surface area contributed by atoms with Crippen LogP contribution in [0, 0.1) is 0 Å². The van der Waals surface area contributed by atoms with E-state index in [0.717, 1.165) is 35.3 Å². The quantitative estimate of drug-likeness (QED) is 0.217. The number of hydrogen-bond acceptors (Lipinski definition) is 0. The molecule has 222 valence electrons. The van der Waals surface area contributed by atoms with Crippen LogP contribution in [0.5, 0.6) is 0 Å². The van der Waals surface area contributed by atoms with E-state index < -0.39 is 0 Å². The largest absolute Gasteiger partial charge is 1.00 e. The zero-order valence-corrected chi connectivity index (χ0v) is 29.5. The lowest BCUT2D eigenvalue weighted by Gasteiger charge is -2.06. The van der Waals surface area contributed by atoms with Gasteiger partial charge >= 0.3 is 0 Å². The first-order valence-corrected chi connectivity index (χ1v) is 15.0. The number of benzene rings is 4. The Bertz CT molecular complexity index is 1660. The first kappa shape index (κ1) is 34.2. The molecule has 0 aliphatic rings. The van der Waals surface area contributed by atoms with Crippen molar-refractivity contribution in [3.05, 3.63) is 165 Å². The van der Waals surface area contributed by atoms with Crippen LogP contribution in [0.2, 0.25) is 20.1 Å². The van der Waals surface area contributed by atoms with E-state index in [9.17, 15) is 0 Å². The molecule has 0 spiro atoms. The Balaban J connectivity index is 0.00000221. The molecule has 6 rings (SSSR count). The average molecular weight is 788 g/mol. The second kappa shape index (κ2) is 15.5. The topological polar surface area (TPSA) is 7.76 Å². The molecule has 0 aliphatic heterocycles. The highest BCUT2D eigenvalue weighted by Gasteiger charge is 2.09. The lowest BCUT2D eigenvalue weighted by atomic mass is 10.0. The Morgan fingerprint density at radius 3 is 0.909 bits per heavy atom. The molecule has 0 unspecified atom stereocenters. The van der Waals surface area contributed by atoms with Crippen LogP contribution in [0.15, 0.2) is 134 Å². The molecule has 0 N–H and O–H groups in total. The summed E-state index contributed by atoms with van der Waals surface area (Å²) in [5.41, 5.74) is 9.02. The van der Waals surface area contributed by atoms with Gasteiger partial charge in [-0.15, -0.1) is 0 Å². The van der Waals surface area contributed by atoms with Crippen LogP contribution in [0.25, 0.3) is 33.4 Å². The molecule has 2 aromatic heterocycles. The molecule has 0 saturated heterocycles. The zero-order valence-electron chi connectivity index (χ0n) is 23.3. The van der Waals surface area contributed by atoms with Crippen LogP contribution >= 0.6 is 46.4 Å². The van der Waals surface area contributed by atoms with Crippen LogP contribution in [-0.2, 0) is 13.1 Å². The second-order valence-electron chi connectivity index (χ2n) is 10.2. The SMILES string of the molecule is Clc1cc(Cl)cc(-c2cc[n+](Cc3ccc(-c4ccc(C[n+]5ccc(-c6cc(Cl)cc(Cl)c6)cc5)cc4)cc3)cc2)c1.[Br-].[Br-]. The van der Waals surface area contributed by atoms with Gasteiger partial charge in [0.2, 0.25) is 0 Å². The number of hydrogen-bond donors (Lipinski definition) is 0. The second-order valence-corrected chi connectivity index (χ2v) is 12.0.